The minimum absolute atomic E-state index is 0.629. The van der Waals surface area contributed by atoms with Crippen molar-refractivity contribution in [2.45, 2.75) is 13.8 Å². The van der Waals surface area contributed by atoms with E-state index in [4.69, 9.17) is 10.5 Å². The summed E-state index contributed by atoms with van der Waals surface area (Å²) in [6.07, 6.45) is 1.91. The predicted octanol–water partition coefficient (Wildman–Crippen LogP) is 3.21. The van der Waals surface area contributed by atoms with Gasteiger partial charge in [-0.15, -0.1) is 0 Å². The van der Waals surface area contributed by atoms with Gasteiger partial charge in [0, 0.05) is 11.8 Å². The molecule has 0 atom stereocenters. The maximum Gasteiger partial charge on any atom is 0.139 e. The van der Waals surface area contributed by atoms with E-state index in [2.05, 4.69) is 24.0 Å². The molecule has 0 aliphatic rings. The molecular formula is C16H17N3O. The lowest BCUT2D eigenvalue weighted by Crippen LogP contribution is -1.97. The molecule has 3 rings (SSSR count). The number of pyridine rings is 1. The van der Waals surface area contributed by atoms with Crippen molar-refractivity contribution >= 4 is 11.5 Å². The van der Waals surface area contributed by atoms with Gasteiger partial charge >= 0.3 is 0 Å². The predicted molar refractivity (Wildman–Crippen MR) is 81.1 cm³/mol. The van der Waals surface area contributed by atoms with E-state index in [1.807, 2.05) is 35.7 Å². The lowest BCUT2D eigenvalue weighted by molar-refractivity contribution is 0.413. The topological polar surface area (TPSA) is 52.5 Å². The summed E-state index contributed by atoms with van der Waals surface area (Å²) in [5.41, 5.74) is 11.0. The molecule has 0 bridgehead atoms. The Hall–Kier alpha value is -2.49. The molecule has 0 saturated carbocycles. The van der Waals surface area contributed by atoms with Crippen LogP contribution in [0.1, 0.15) is 11.1 Å². The van der Waals surface area contributed by atoms with Crippen LogP contribution < -0.4 is 10.5 Å². The number of methoxy groups -OCH3 is 1. The van der Waals surface area contributed by atoms with E-state index >= 15 is 0 Å². The van der Waals surface area contributed by atoms with Crippen LogP contribution in [0.25, 0.3) is 16.9 Å². The van der Waals surface area contributed by atoms with E-state index in [1.54, 1.807) is 7.11 Å². The first-order valence-electron chi connectivity index (χ1n) is 6.50. The second-order valence-electron chi connectivity index (χ2n) is 4.94. The summed E-state index contributed by atoms with van der Waals surface area (Å²) in [6.45, 7) is 4.09. The van der Waals surface area contributed by atoms with Crippen molar-refractivity contribution in [2.24, 2.45) is 0 Å². The molecule has 20 heavy (non-hydrogen) atoms. The van der Waals surface area contributed by atoms with E-state index in [0.717, 1.165) is 33.8 Å². The maximum atomic E-state index is 6.24. The van der Waals surface area contributed by atoms with Crippen LogP contribution in [0.4, 0.5) is 5.82 Å². The fourth-order valence-electron chi connectivity index (χ4n) is 2.61. The average molecular weight is 267 g/mol. The number of nitrogen functional groups attached to an aromatic ring is 1. The Morgan fingerprint density at radius 3 is 2.70 bits per heavy atom. The fraction of sp³-hybridized carbons (Fsp3) is 0.188. The molecule has 0 saturated heterocycles. The van der Waals surface area contributed by atoms with Gasteiger partial charge in [-0.2, -0.15) is 0 Å². The molecule has 0 unspecified atom stereocenters. The van der Waals surface area contributed by atoms with Crippen LogP contribution in [0.15, 0.2) is 36.5 Å². The summed E-state index contributed by atoms with van der Waals surface area (Å²) in [6, 6.07) is 9.98. The van der Waals surface area contributed by atoms with Gasteiger partial charge in [0.2, 0.25) is 0 Å². The molecule has 0 radical (unpaired) electrons. The normalized spacial score (nSPS) is 10.9. The Morgan fingerprint density at radius 1 is 1.20 bits per heavy atom. The van der Waals surface area contributed by atoms with E-state index in [1.165, 1.54) is 0 Å². The van der Waals surface area contributed by atoms with Crippen LogP contribution in [0, 0.1) is 13.8 Å². The van der Waals surface area contributed by atoms with Gasteiger partial charge in [0.1, 0.15) is 22.9 Å². The molecule has 0 spiro atoms. The molecule has 4 nitrogen and oxygen atoms in total. The lowest BCUT2D eigenvalue weighted by Gasteiger charge is -2.11. The third-order valence-corrected chi connectivity index (χ3v) is 3.45. The van der Waals surface area contributed by atoms with Crippen LogP contribution in [0.2, 0.25) is 0 Å². The first-order valence-corrected chi connectivity index (χ1v) is 6.50. The van der Waals surface area contributed by atoms with Gasteiger partial charge in [0.05, 0.1) is 7.11 Å². The molecule has 0 amide bonds. The van der Waals surface area contributed by atoms with Gasteiger partial charge < -0.3 is 10.5 Å². The molecule has 2 aromatic heterocycles. The molecule has 0 fully saturated rings. The van der Waals surface area contributed by atoms with Crippen molar-refractivity contribution in [2.75, 3.05) is 12.8 Å². The SMILES string of the molecule is COc1c(C)cc(C)cc1-c1nc2ccccn2c1N. The van der Waals surface area contributed by atoms with E-state index in [9.17, 15) is 0 Å². The second kappa shape index (κ2) is 4.56. The maximum absolute atomic E-state index is 6.24. The van der Waals surface area contributed by atoms with Crippen molar-refractivity contribution in [3.05, 3.63) is 47.7 Å². The lowest BCUT2D eigenvalue weighted by atomic mass is 10.0. The van der Waals surface area contributed by atoms with Gasteiger partial charge in [-0.3, -0.25) is 4.40 Å². The zero-order valence-electron chi connectivity index (χ0n) is 11.8. The number of aromatic nitrogens is 2. The van der Waals surface area contributed by atoms with Crippen molar-refractivity contribution < 1.29 is 4.74 Å². The van der Waals surface area contributed by atoms with Crippen molar-refractivity contribution in [3.63, 3.8) is 0 Å². The smallest absolute Gasteiger partial charge is 0.139 e. The summed E-state index contributed by atoms with van der Waals surface area (Å²) in [5.74, 6) is 1.45. The number of imidazole rings is 1. The molecule has 4 heteroatoms. The van der Waals surface area contributed by atoms with E-state index < -0.39 is 0 Å². The number of anilines is 1. The fourth-order valence-corrected chi connectivity index (χ4v) is 2.61. The highest BCUT2D eigenvalue weighted by Gasteiger charge is 2.17. The van der Waals surface area contributed by atoms with Gasteiger partial charge in [0.25, 0.3) is 0 Å². The number of hydrogen-bond donors (Lipinski definition) is 1. The van der Waals surface area contributed by atoms with Gasteiger partial charge in [-0.05, 0) is 43.2 Å². The van der Waals surface area contributed by atoms with E-state index in [0.29, 0.717) is 5.82 Å². The number of aryl methyl sites for hydroxylation is 2. The van der Waals surface area contributed by atoms with Crippen molar-refractivity contribution in [3.8, 4) is 17.0 Å². The quantitative estimate of drug-likeness (QED) is 0.775. The number of nitrogens with zero attached hydrogens (tertiary/aromatic N) is 2. The first-order chi connectivity index (χ1) is 9.61. The Morgan fingerprint density at radius 2 is 2.00 bits per heavy atom. The average Bonchev–Trinajstić information content (AvgIpc) is 2.76. The number of rotatable bonds is 2. The Kier molecular flexibility index (Phi) is 2.86. The van der Waals surface area contributed by atoms with E-state index in [-0.39, 0.29) is 0 Å². The zero-order chi connectivity index (χ0) is 14.3. The molecule has 1 aromatic carbocycles. The van der Waals surface area contributed by atoms with Crippen LogP contribution in [-0.4, -0.2) is 16.5 Å². The molecule has 0 aliphatic carbocycles. The van der Waals surface area contributed by atoms with Crippen LogP contribution in [0.3, 0.4) is 0 Å². The monoisotopic (exact) mass is 267 g/mol. The Bertz CT molecular complexity index is 790. The summed E-state index contributed by atoms with van der Waals surface area (Å²) < 4.78 is 7.41. The number of ether oxygens (including phenoxy) is 1. The Labute approximate surface area is 117 Å². The summed E-state index contributed by atoms with van der Waals surface area (Å²) in [7, 11) is 1.67. The zero-order valence-corrected chi connectivity index (χ0v) is 11.8. The molecule has 102 valence electrons. The van der Waals surface area contributed by atoms with Gasteiger partial charge in [-0.25, -0.2) is 4.98 Å². The standard InChI is InChI=1S/C16H17N3O/c1-10-8-11(2)15(20-3)12(9-10)14-16(17)19-7-5-4-6-13(19)18-14/h4-9H,17H2,1-3H3. The summed E-state index contributed by atoms with van der Waals surface area (Å²) >= 11 is 0. The molecule has 2 heterocycles. The van der Waals surface area contributed by atoms with Crippen LogP contribution >= 0.6 is 0 Å². The second-order valence-corrected chi connectivity index (χ2v) is 4.94. The van der Waals surface area contributed by atoms with Gasteiger partial charge in [0.15, 0.2) is 0 Å². The van der Waals surface area contributed by atoms with Gasteiger partial charge in [-0.1, -0.05) is 12.1 Å². The molecular weight excluding hydrogens is 250 g/mol. The van der Waals surface area contributed by atoms with Crippen molar-refractivity contribution in [1.82, 2.24) is 9.38 Å². The highest BCUT2D eigenvalue weighted by Crippen LogP contribution is 2.36. The van der Waals surface area contributed by atoms with Crippen LogP contribution in [-0.2, 0) is 0 Å². The highest BCUT2D eigenvalue weighted by molar-refractivity contribution is 5.80. The number of benzene rings is 1. The Balaban J connectivity index is 2.33. The van der Waals surface area contributed by atoms with Crippen LogP contribution in [0.5, 0.6) is 5.75 Å². The number of hydrogen-bond acceptors (Lipinski definition) is 3. The van der Waals surface area contributed by atoms with Crippen molar-refractivity contribution in [1.29, 1.82) is 0 Å². The summed E-state index contributed by atoms with van der Waals surface area (Å²) in [4.78, 5) is 4.63. The first kappa shape index (κ1) is 12.5. The highest BCUT2D eigenvalue weighted by atomic mass is 16.5. The third kappa shape index (κ3) is 1.81. The largest absolute Gasteiger partial charge is 0.496 e. The molecule has 2 N–H and O–H groups in total. The molecule has 3 aromatic rings. The minimum Gasteiger partial charge on any atom is -0.496 e. The third-order valence-electron chi connectivity index (χ3n) is 3.45. The number of nitrogens with two attached hydrogens (primary N) is 1. The summed E-state index contributed by atoms with van der Waals surface area (Å²) in [5, 5.41) is 0. The minimum atomic E-state index is 0.629. The number of fused-ring (bicyclic) bond motifs is 1. The molecule has 0 aliphatic heterocycles.